The van der Waals surface area contributed by atoms with Crippen LogP contribution in [0.15, 0.2) is 30.3 Å². The quantitative estimate of drug-likeness (QED) is 0.851. The molecule has 1 fully saturated rings. The lowest BCUT2D eigenvalue weighted by molar-refractivity contribution is -0.134. The van der Waals surface area contributed by atoms with Crippen molar-refractivity contribution in [3.63, 3.8) is 0 Å². The van der Waals surface area contributed by atoms with Crippen LogP contribution in [0.5, 0.6) is 0 Å². The second-order valence-electron chi connectivity index (χ2n) is 5.83. The zero-order valence-electron chi connectivity index (χ0n) is 13.4. The van der Waals surface area contributed by atoms with Gasteiger partial charge < -0.3 is 9.84 Å². The van der Waals surface area contributed by atoms with Gasteiger partial charge in [-0.1, -0.05) is 30.3 Å². The zero-order chi connectivity index (χ0) is 16.8. The maximum absolute atomic E-state index is 12.1. The first kappa shape index (κ1) is 18.4. The van der Waals surface area contributed by atoms with Gasteiger partial charge in [-0.05, 0) is 26.3 Å². The van der Waals surface area contributed by atoms with E-state index in [1.807, 2.05) is 43.9 Å². The lowest BCUT2D eigenvalue weighted by Crippen LogP contribution is -2.36. The molecule has 122 valence electrons. The van der Waals surface area contributed by atoms with E-state index in [0.29, 0.717) is 0 Å². The van der Waals surface area contributed by atoms with Crippen LogP contribution in [0, 0.1) is 0 Å². The molecule has 1 amide bonds. The number of amides is 1. The van der Waals surface area contributed by atoms with Crippen molar-refractivity contribution in [1.82, 2.24) is 4.90 Å². The summed E-state index contributed by atoms with van der Waals surface area (Å²) in [6.45, 7) is 7.52. The number of ether oxygens (including phenoxy) is 1. The normalized spacial score (nSPS) is 17.5. The van der Waals surface area contributed by atoms with Crippen LogP contribution in [0.4, 0.5) is 4.79 Å². The molecule has 6 heteroatoms. The van der Waals surface area contributed by atoms with Crippen molar-refractivity contribution in [2.24, 2.45) is 0 Å². The predicted molar refractivity (Wildman–Crippen MR) is 87.9 cm³/mol. The standard InChI is InChI=1S/C14H19NO2S.C2H4O2/c1-14(2,3)17-13(16)15-9-10-18-12(15)11-7-5-4-6-8-11;1-2(3)4/h4-8,12H,9-10H2,1-3H3;1H3,(H,3,4). The van der Waals surface area contributed by atoms with Crippen LogP contribution in [0.25, 0.3) is 0 Å². The number of aliphatic carboxylic acids is 1. The maximum atomic E-state index is 12.1. The van der Waals surface area contributed by atoms with Gasteiger partial charge in [-0.25, -0.2) is 4.79 Å². The smallest absolute Gasteiger partial charge is 0.411 e. The molecule has 1 saturated heterocycles. The SMILES string of the molecule is CC(=O)O.CC(C)(C)OC(=O)N1CCSC1c1ccccc1. The average Bonchev–Trinajstić information content (AvgIpc) is 2.86. The van der Waals surface area contributed by atoms with Crippen molar-refractivity contribution in [2.75, 3.05) is 12.3 Å². The third-order valence-corrected chi connectivity index (χ3v) is 3.86. The van der Waals surface area contributed by atoms with Crippen LogP contribution in [0.2, 0.25) is 0 Å². The number of rotatable bonds is 1. The molecule has 22 heavy (non-hydrogen) atoms. The molecule has 0 bridgehead atoms. The van der Waals surface area contributed by atoms with E-state index in [1.54, 1.807) is 11.8 Å². The summed E-state index contributed by atoms with van der Waals surface area (Å²) >= 11 is 1.78. The third kappa shape index (κ3) is 6.39. The van der Waals surface area contributed by atoms with E-state index in [0.717, 1.165) is 24.8 Å². The van der Waals surface area contributed by atoms with Crippen molar-refractivity contribution in [3.8, 4) is 0 Å². The number of carboxylic acid groups (broad SMARTS) is 1. The first-order valence-electron chi connectivity index (χ1n) is 7.06. The Morgan fingerprint density at radius 2 is 1.82 bits per heavy atom. The summed E-state index contributed by atoms with van der Waals surface area (Å²) in [6, 6.07) is 10.1. The van der Waals surface area contributed by atoms with Crippen molar-refractivity contribution in [3.05, 3.63) is 35.9 Å². The molecule has 0 saturated carbocycles. The Bertz CT molecular complexity index is 495. The number of hydrogen-bond acceptors (Lipinski definition) is 4. The summed E-state index contributed by atoms with van der Waals surface area (Å²) < 4.78 is 5.45. The monoisotopic (exact) mass is 325 g/mol. The number of nitrogens with zero attached hydrogens (tertiary/aromatic N) is 1. The molecule has 0 radical (unpaired) electrons. The molecule has 2 rings (SSSR count). The van der Waals surface area contributed by atoms with Gasteiger partial charge in [0.15, 0.2) is 0 Å². The number of benzene rings is 1. The van der Waals surface area contributed by atoms with E-state index in [-0.39, 0.29) is 11.5 Å². The molecule has 1 heterocycles. The minimum atomic E-state index is -0.833. The second kappa shape index (κ2) is 8.08. The van der Waals surface area contributed by atoms with Gasteiger partial charge in [0, 0.05) is 19.2 Å². The number of carbonyl (C=O) groups is 2. The highest BCUT2D eigenvalue weighted by molar-refractivity contribution is 7.99. The van der Waals surface area contributed by atoms with E-state index < -0.39 is 11.6 Å². The van der Waals surface area contributed by atoms with Gasteiger partial charge in [-0.15, -0.1) is 11.8 Å². The summed E-state index contributed by atoms with van der Waals surface area (Å²) in [5.41, 5.74) is 0.719. The molecule has 1 aliphatic heterocycles. The third-order valence-electron chi connectivity index (χ3n) is 2.60. The number of thioether (sulfide) groups is 1. The van der Waals surface area contributed by atoms with Crippen LogP contribution in [-0.2, 0) is 9.53 Å². The molecule has 1 aliphatic rings. The minimum absolute atomic E-state index is 0.0843. The first-order valence-corrected chi connectivity index (χ1v) is 8.11. The fourth-order valence-electron chi connectivity index (χ4n) is 1.87. The lowest BCUT2D eigenvalue weighted by Gasteiger charge is -2.28. The van der Waals surface area contributed by atoms with Gasteiger partial charge in [-0.2, -0.15) is 0 Å². The van der Waals surface area contributed by atoms with Gasteiger partial charge in [0.05, 0.1) is 0 Å². The van der Waals surface area contributed by atoms with Crippen molar-refractivity contribution in [1.29, 1.82) is 0 Å². The van der Waals surface area contributed by atoms with Gasteiger partial charge in [0.2, 0.25) is 0 Å². The van der Waals surface area contributed by atoms with Crippen molar-refractivity contribution < 1.29 is 19.4 Å². The Morgan fingerprint density at radius 3 is 2.32 bits per heavy atom. The molecule has 1 aromatic carbocycles. The minimum Gasteiger partial charge on any atom is -0.481 e. The van der Waals surface area contributed by atoms with Crippen LogP contribution < -0.4 is 0 Å². The average molecular weight is 325 g/mol. The van der Waals surface area contributed by atoms with Crippen molar-refractivity contribution in [2.45, 2.75) is 38.7 Å². The molecule has 1 aromatic rings. The van der Waals surface area contributed by atoms with Crippen molar-refractivity contribution >= 4 is 23.8 Å². The zero-order valence-corrected chi connectivity index (χ0v) is 14.2. The Kier molecular flexibility index (Phi) is 6.74. The Labute approximate surface area is 135 Å². The number of carboxylic acids is 1. The molecule has 0 aliphatic carbocycles. The molecule has 1 N–H and O–H groups in total. The largest absolute Gasteiger partial charge is 0.481 e. The van der Waals surface area contributed by atoms with E-state index in [2.05, 4.69) is 12.1 Å². The first-order chi connectivity index (χ1) is 10.2. The molecule has 1 unspecified atom stereocenters. The fourth-order valence-corrected chi connectivity index (χ4v) is 3.12. The van der Waals surface area contributed by atoms with Gasteiger partial charge in [-0.3, -0.25) is 9.69 Å². The molecular weight excluding hydrogens is 302 g/mol. The van der Waals surface area contributed by atoms with E-state index >= 15 is 0 Å². The van der Waals surface area contributed by atoms with Gasteiger partial charge >= 0.3 is 6.09 Å². The topological polar surface area (TPSA) is 66.8 Å². The fraction of sp³-hybridized carbons (Fsp3) is 0.500. The van der Waals surface area contributed by atoms with Gasteiger partial charge in [0.1, 0.15) is 11.0 Å². The summed E-state index contributed by atoms with van der Waals surface area (Å²) in [7, 11) is 0. The highest BCUT2D eigenvalue weighted by atomic mass is 32.2. The summed E-state index contributed by atoms with van der Waals surface area (Å²) in [5, 5.41) is 7.50. The molecule has 5 nitrogen and oxygen atoms in total. The van der Waals surface area contributed by atoms with Crippen LogP contribution >= 0.6 is 11.8 Å². The van der Waals surface area contributed by atoms with Crippen LogP contribution in [-0.4, -0.2) is 40.0 Å². The summed E-state index contributed by atoms with van der Waals surface area (Å²) in [4.78, 5) is 22.9. The molecule has 0 aromatic heterocycles. The lowest BCUT2D eigenvalue weighted by atomic mass is 10.2. The molecule has 1 atom stereocenters. The molecular formula is C16H23NO4S. The maximum Gasteiger partial charge on any atom is 0.411 e. The van der Waals surface area contributed by atoms with E-state index in [1.165, 1.54) is 0 Å². The van der Waals surface area contributed by atoms with Crippen LogP contribution in [0.3, 0.4) is 0 Å². The highest BCUT2D eigenvalue weighted by Gasteiger charge is 2.33. The highest BCUT2D eigenvalue weighted by Crippen LogP contribution is 2.38. The van der Waals surface area contributed by atoms with Gasteiger partial charge in [0.25, 0.3) is 5.97 Å². The Morgan fingerprint density at radius 1 is 1.27 bits per heavy atom. The summed E-state index contributed by atoms with van der Waals surface area (Å²) in [5.74, 6) is 0.124. The van der Waals surface area contributed by atoms with Crippen LogP contribution in [0.1, 0.15) is 38.6 Å². The number of carbonyl (C=O) groups excluding carboxylic acids is 1. The van der Waals surface area contributed by atoms with E-state index in [4.69, 9.17) is 14.6 Å². The van der Waals surface area contributed by atoms with E-state index in [9.17, 15) is 4.79 Å². The second-order valence-corrected chi connectivity index (χ2v) is 7.01. The Hall–Kier alpha value is -1.69. The summed E-state index contributed by atoms with van der Waals surface area (Å²) in [6.07, 6.45) is -0.221. The number of hydrogen-bond donors (Lipinski definition) is 1. The Balaban J connectivity index is 0.000000541. The predicted octanol–water partition coefficient (Wildman–Crippen LogP) is 3.76. The molecule has 0 spiro atoms.